The van der Waals surface area contributed by atoms with Crippen LogP contribution in [0.3, 0.4) is 0 Å². The maximum absolute atomic E-state index is 10.2. The van der Waals surface area contributed by atoms with E-state index in [1.54, 1.807) is 6.07 Å². The van der Waals surface area contributed by atoms with Gasteiger partial charge in [-0.3, -0.25) is 0 Å². The molecule has 2 aliphatic carbocycles. The van der Waals surface area contributed by atoms with Crippen LogP contribution < -0.4 is 0 Å². The number of nitrogens with one attached hydrogen (secondary N) is 1. The highest BCUT2D eigenvalue weighted by molar-refractivity contribution is 9.10. The maximum atomic E-state index is 10.2. The lowest BCUT2D eigenvalue weighted by molar-refractivity contribution is 0.0783. The van der Waals surface area contributed by atoms with Crippen molar-refractivity contribution in [1.29, 1.82) is 0 Å². The number of fused-ring (bicyclic) bond motifs is 4. The number of benzene rings is 2. The number of aromatic nitrogens is 1. The fourth-order valence-corrected chi connectivity index (χ4v) is 6.34. The van der Waals surface area contributed by atoms with Crippen LogP contribution in [0.4, 0.5) is 0 Å². The average Bonchev–Trinajstić information content (AvgIpc) is 3.46. The largest absolute Gasteiger partial charge is 0.508 e. The van der Waals surface area contributed by atoms with Crippen LogP contribution >= 0.6 is 15.9 Å². The minimum atomic E-state index is 0.115. The van der Waals surface area contributed by atoms with Crippen LogP contribution in [0, 0.1) is 11.8 Å². The van der Waals surface area contributed by atoms with Gasteiger partial charge in [-0.25, -0.2) is 0 Å². The molecule has 3 nitrogen and oxygen atoms in total. The highest BCUT2D eigenvalue weighted by Gasteiger charge is 2.48. The first kappa shape index (κ1) is 18.0. The standard InChI is InChI=1S/C25H27BrN2O/c26-19-6-7-23-22(12-19)21-11-18-15-28(14-16-4-5-16)9-8-25(18,13-24(21)27-23)17-2-1-3-20(29)10-17/h1-3,6-7,10,12,16,18,27,29H,4-5,8-9,11,13-15H2. The predicted octanol–water partition coefficient (Wildman–Crippen LogP) is 5.40. The van der Waals surface area contributed by atoms with E-state index in [9.17, 15) is 5.11 Å². The minimum Gasteiger partial charge on any atom is -0.508 e. The first-order chi connectivity index (χ1) is 14.1. The molecule has 0 spiro atoms. The molecule has 1 aromatic heterocycles. The molecular weight excluding hydrogens is 424 g/mol. The van der Waals surface area contributed by atoms with Crippen molar-refractivity contribution in [3.05, 3.63) is 63.8 Å². The van der Waals surface area contributed by atoms with Crippen molar-refractivity contribution in [3.8, 4) is 5.75 Å². The van der Waals surface area contributed by atoms with Crippen molar-refractivity contribution < 1.29 is 5.11 Å². The van der Waals surface area contributed by atoms with E-state index in [1.807, 2.05) is 12.1 Å². The van der Waals surface area contributed by atoms with Crippen LogP contribution in [-0.2, 0) is 18.3 Å². The number of nitrogens with zero attached hydrogens (tertiary/aromatic N) is 1. The molecule has 2 unspecified atom stereocenters. The molecule has 3 aromatic rings. The molecule has 2 aromatic carbocycles. The molecule has 3 aliphatic rings. The van der Waals surface area contributed by atoms with Crippen LogP contribution in [-0.4, -0.2) is 34.6 Å². The fraction of sp³-hybridized carbons (Fsp3) is 0.440. The summed E-state index contributed by atoms with van der Waals surface area (Å²) in [4.78, 5) is 6.46. The summed E-state index contributed by atoms with van der Waals surface area (Å²) in [6.07, 6.45) is 6.16. The number of likely N-dealkylation sites (tertiary alicyclic amines) is 1. The van der Waals surface area contributed by atoms with Gasteiger partial charge >= 0.3 is 0 Å². The number of phenols is 1. The monoisotopic (exact) mass is 450 g/mol. The molecule has 1 saturated heterocycles. The van der Waals surface area contributed by atoms with Crippen molar-refractivity contribution in [2.45, 2.75) is 37.5 Å². The Balaban J connectivity index is 1.45. The molecule has 1 aliphatic heterocycles. The highest BCUT2D eigenvalue weighted by atomic mass is 79.9. The Morgan fingerprint density at radius 2 is 2.07 bits per heavy atom. The molecule has 29 heavy (non-hydrogen) atoms. The van der Waals surface area contributed by atoms with Gasteiger partial charge in [0.15, 0.2) is 0 Å². The fourth-order valence-electron chi connectivity index (χ4n) is 5.98. The summed E-state index contributed by atoms with van der Waals surface area (Å²) >= 11 is 3.66. The Bertz CT molecular complexity index is 1090. The number of H-pyrrole nitrogens is 1. The molecule has 2 heterocycles. The number of halogens is 1. The van der Waals surface area contributed by atoms with Gasteiger partial charge < -0.3 is 15.0 Å². The van der Waals surface area contributed by atoms with Gasteiger partial charge in [0.1, 0.15) is 5.75 Å². The van der Waals surface area contributed by atoms with E-state index >= 15 is 0 Å². The van der Waals surface area contributed by atoms with E-state index in [4.69, 9.17) is 0 Å². The molecule has 6 rings (SSSR count). The van der Waals surface area contributed by atoms with Crippen LogP contribution in [0.15, 0.2) is 46.9 Å². The van der Waals surface area contributed by atoms with E-state index in [2.05, 4.69) is 50.1 Å². The molecule has 0 radical (unpaired) electrons. The molecule has 2 N–H and O–H groups in total. The van der Waals surface area contributed by atoms with E-state index in [1.165, 1.54) is 66.6 Å². The zero-order valence-corrected chi connectivity index (χ0v) is 18.2. The number of aromatic hydroxyl groups is 1. The number of aromatic amines is 1. The molecule has 2 atom stereocenters. The number of hydrogen-bond acceptors (Lipinski definition) is 2. The average molecular weight is 451 g/mol. The number of rotatable bonds is 3. The third-order valence-corrected chi connectivity index (χ3v) is 8.16. The topological polar surface area (TPSA) is 39.3 Å². The van der Waals surface area contributed by atoms with E-state index in [0.29, 0.717) is 11.7 Å². The lowest BCUT2D eigenvalue weighted by Crippen LogP contribution is -2.54. The number of hydrogen-bond donors (Lipinski definition) is 2. The first-order valence-electron chi connectivity index (χ1n) is 10.9. The SMILES string of the molecule is Oc1cccc(C23CCN(CC4CC4)CC2Cc2c([nH]c4ccc(Br)cc24)C3)c1. The number of phenolic OH excluding ortho intramolecular Hbond substituents is 1. The van der Waals surface area contributed by atoms with Gasteiger partial charge in [0.2, 0.25) is 0 Å². The Kier molecular flexibility index (Phi) is 4.11. The highest BCUT2D eigenvalue weighted by Crippen LogP contribution is 2.50. The number of piperidine rings is 1. The maximum Gasteiger partial charge on any atom is 0.115 e. The van der Waals surface area contributed by atoms with Crippen molar-refractivity contribution in [1.82, 2.24) is 9.88 Å². The molecule has 2 fully saturated rings. The van der Waals surface area contributed by atoms with E-state index in [0.717, 1.165) is 23.2 Å². The second kappa shape index (κ2) is 6.61. The summed E-state index contributed by atoms with van der Waals surface area (Å²) < 4.78 is 1.15. The summed E-state index contributed by atoms with van der Waals surface area (Å²) in [6, 6.07) is 14.7. The van der Waals surface area contributed by atoms with Gasteiger partial charge in [-0.1, -0.05) is 28.1 Å². The third kappa shape index (κ3) is 3.03. The summed E-state index contributed by atoms with van der Waals surface area (Å²) in [5.74, 6) is 1.91. The van der Waals surface area contributed by atoms with Crippen molar-refractivity contribution in [3.63, 3.8) is 0 Å². The smallest absolute Gasteiger partial charge is 0.115 e. The van der Waals surface area contributed by atoms with Gasteiger partial charge in [0, 0.05) is 39.6 Å². The minimum absolute atomic E-state index is 0.115. The van der Waals surface area contributed by atoms with Crippen LogP contribution in [0.5, 0.6) is 5.75 Å². The first-order valence-corrected chi connectivity index (χ1v) is 11.7. The quantitative estimate of drug-likeness (QED) is 0.560. The lowest BCUT2D eigenvalue weighted by Gasteiger charge is -2.51. The summed E-state index contributed by atoms with van der Waals surface area (Å²) in [5.41, 5.74) is 5.59. The molecular formula is C25H27BrN2O. The van der Waals surface area contributed by atoms with Crippen molar-refractivity contribution in [2.75, 3.05) is 19.6 Å². The second-order valence-electron chi connectivity index (χ2n) is 9.51. The summed E-state index contributed by atoms with van der Waals surface area (Å²) in [5, 5.41) is 11.6. The third-order valence-electron chi connectivity index (χ3n) is 7.67. The van der Waals surface area contributed by atoms with E-state index < -0.39 is 0 Å². The lowest BCUT2D eigenvalue weighted by atomic mass is 9.58. The zero-order valence-electron chi connectivity index (χ0n) is 16.6. The van der Waals surface area contributed by atoms with Gasteiger partial charge in [-0.2, -0.15) is 0 Å². The molecule has 0 bridgehead atoms. The normalized spacial score (nSPS) is 27.0. The van der Waals surface area contributed by atoms with Gasteiger partial charge in [-0.15, -0.1) is 0 Å². The Hall–Kier alpha value is -1.78. The Morgan fingerprint density at radius 3 is 2.90 bits per heavy atom. The molecule has 150 valence electrons. The molecule has 4 heteroatoms. The summed E-state index contributed by atoms with van der Waals surface area (Å²) in [6.45, 7) is 3.62. The predicted molar refractivity (Wildman–Crippen MR) is 120 cm³/mol. The molecule has 0 amide bonds. The van der Waals surface area contributed by atoms with Gasteiger partial charge in [-0.05, 0) is 91.9 Å². The summed E-state index contributed by atoms with van der Waals surface area (Å²) in [7, 11) is 0. The van der Waals surface area contributed by atoms with Crippen molar-refractivity contribution >= 4 is 26.8 Å². The second-order valence-corrected chi connectivity index (χ2v) is 10.4. The van der Waals surface area contributed by atoms with Crippen LogP contribution in [0.25, 0.3) is 10.9 Å². The van der Waals surface area contributed by atoms with E-state index in [-0.39, 0.29) is 5.41 Å². The zero-order chi connectivity index (χ0) is 19.6. The van der Waals surface area contributed by atoms with Crippen LogP contribution in [0.2, 0.25) is 0 Å². The van der Waals surface area contributed by atoms with Gasteiger partial charge in [0.25, 0.3) is 0 Å². The van der Waals surface area contributed by atoms with Crippen LogP contribution in [0.1, 0.15) is 36.1 Å². The Labute approximate surface area is 180 Å². The van der Waals surface area contributed by atoms with Gasteiger partial charge in [0.05, 0.1) is 0 Å². The molecule has 1 saturated carbocycles. The Morgan fingerprint density at radius 1 is 1.17 bits per heavy atom. The van der Waals surface area contributed by atoms with Crippen molar-refractivity contribution in [2.24, 2.45) is 11.8 Å².